The number of hydrogen-bond acceptors (Lipinski definition) is 3. The third-order valence-corrected chi connectivity index (χ3v) is 7.57. The molecular formula is C33H44FN4O+. The largest absolute Gasteiger partial charge is 0.348 e. The maximum atomic E-state index is 14.7. The summed E-state index contributed by atoms with van der Waals surface area (Å²) in [6.07, 6.45) is 4.37. The highest BCUT2D eigenvalue weighted by molar-refractivity contribution is 5.94. The summed E-state index contributed by atoms with van der Waals surface area (Å²) in [4.78, 5) is 16.6. The average molecular weight is 532 g/mol. The van der Waals surface area contributed by atoms with E-state index in [1.807, 2.05) is 43.3 Å². The SMILES string of the molecule is C[NH+]1CCCCC1.Cc1cccc(C(=O)NCc2ccc(F)c(-c3cccc(CN4CCNC(C)C4)c3)c2)c1. The molecule has 1 amide bonds. The van der Waals surface area contributed by atoms with Gasteiger partial charge in [-0.1, -0.05) is 42.0 Å². The molecule has 0 saturated carbocycles. The highest BCUT2D eigenvalue weighted by Crippen LogP contribution is 2.26. The third kappa shape index (κ3) is 8.99. The van der Waals surface area contributed by atoms with E-state index >= 15 is 0 Å². The topological polar surface area (TPSA) is 48.8 Å². The minimum Gasteiger partial charge on any atom is -0.348 e. The molecule has 39 heavy (non-hydrogen) atoms. The molecule has 208 valence electrons. The molecule has 0 bridgehead atoms. The van der Waals surface area contributed by atoms with Crippen molar-refractivity contribution in [1.29, 1.82) is 0 Å². The maximum absolute atomic E-state index is 14.7. The maximum Gasteiger partial charge on any atom is 0.251 e. The molecule has 2 aliphatic heterocycles. The Morgan fingerprint density at radius 1 is 1.03 bits per heavy atom. The molecule has 0 spiro atoms. The number of quaternary nitrogens is 1. The van der Waals surface area contributed by atoms with E-state index in [2.05, 4.69) is 41.6 Å². The molecule has 0 radical (unpaired) electrons. The number of rotatable bonds is 6. The molecule has 3 aromatic rings. The molecule has 3 aromatic carbocycles. The van der Waals surface area contributed by atoms with Crippen molar-refractivity contribution in [3.63, 3.8) is 0 Å². The second-order valence-corrected chi connectivity index (χ2v) is 11.2. The smallest absolute Gasteiger partial charge is 0.251 e. The van der Waals surface area contributed by atoms with Crippen LogP contribution in [0.3, 0.4) is 0 Å². The number of piperidine rings is 1. The molecule has 2 aliphatic rings. The molecule has 5 nitrogen and oxygen atoms in total. The van der Waals surface area contributed by atoms with Crippen molar-refractivity contribution in [3.8, 4) is 11.1 Å². The Kier molecular flexibility index (Phi) is 10.7. The van der Waals surface area contributed by atoms with Crippen LogP contribution in [-0.4, -0.2) is 56.6 Å². The zero-order valence-electron chi connectivity index (χ0n) is 23.7. The Hall–Kier alpha value is -3.06. The number of hydrogen-bond donors (Lipinski definition) is 3. The number of nitrogens with zero attached hydrogens (tertiary/aromatic N) is 1. The van der Waals surface area contributed by atoms with Gasteiger partial charge < -0.3 is 15.5 Å². The Morgan fingerprint density at radius 2 is 1.82 bits per heavy atom. The lowest BCUT2D eigenvalue weighted by molar-refractivity contribution is -0.884. The fourth-order valence-corrected chi connectivity index (χ4v) is 5.38. The monoisotopic (exact) mass is 531 g/mol. The van der Waals surface area contributed by atoms with Gasteiger partial charge in [-0.2, -0.15) is 0 Å². The van der Waals surface area contributed by atoms with Gasteiger partial charge in [0.2, 0.25) is 0 Å². The fraction of sp³-hybridized carbons (Fsp3) is 0.424. The summed E-state index contributed by atoms with van der Waals surface area (Å²) in [6.45, 7) is 11.2. The van der Waals surface area contributed by atoms with E-state index < -0.39 is 0 Å². The minimum atomic E-state index is -0.258. The van der Waals surface area contributed by atoms with E-state index in [4.69, 9.17) is 0 Å². The number of benzene rings is 3. The van der Waals surface area contributed by atoms with Crippen molar-refractivity contribution in [1.82, 2.24) is 15.5 Å². The van der Waals surface area contributed by atoms with Gasteiger partial charge in [0, 0.05) is 49.9 Å². The van der Waals surface area contributed by atoms with Gasteiger partial charge in [0.25, 0.3) is 5.91 Å². The van der Waals surface area contributed by atoms with Crippen LogP contribution in [0.4, 0.5) is 4.39 Å². The summed E-state index contributed by atoms with van der Waals surface area (Å²) in [5.74, 6) is -0.390. The van der Waals surface area contributed by atoms with E-state index in [9.17, 15) is 9.18 Å². The van der Waals surface area contributed by atoms with Gasteiger partial charge in [-0.25, -0.2) is 4.39 Å². The summed E-state index contributed by atoms with van der Waals surface area (Å²) in [5.41, 5.74) is 5.12. The van der Waals surface area contributed by atoms with Crippen LogP contribution in [0.5, 0.6) is 0 Å². The lowest BCUT2D eigenvalue weighted by Gasteiger charge is -2.31. The number of piperazine rings is 1. The van der Waals surface area contributed by atoms with Gasteiger partial charge in [0.05, 0.1) is 20.1 Å². The van der Waals surface area contributed by atoms with Crippen molar-refractivity contribution in [3.05, 3.63) is 94.8 Å². The first kappa shape index (κ1) is 28.9. The number of amides is 1. The van der Waals surface area contributed by atoms with Crippen molar-refractivity contribution >= 4 is 5.91 Å². The average Bonchev–Trinajstić information content (AvgIpc) is 2.93. The first-order chi connectivity index (χ1) is 18.9. The van der Waals surface area contributed by atoms with Gasteiger partial charge in [-0.15, -0.1) is 0 Å². The number of likely N-dealkylation sites (tertiary alicyclic amines) is 1. The van der Waals surface area contributed by atoms with Gasteiger partial charge >= 0.3 is 0 Å². The van der Waals surface area contributed by atoms with E-state index in [0.717, 1.165) is 42.9 Å². The zero-order chi connectivity index (χ0) is 27.6. The second kappa shape index (κ2) is 14.4. The van der Waals surface area contributed by atoms with Crippen LogP contribution in [0.1, 0.15) is 53.2 Å². The Morgan fingerprint density at radius 3 is 2.54 bits per heavy atom. The first-order valence-corrected chi connectivity index (χ1v) is 14.4. The summed E-state index contributed by atoms with van der Waals surface area (Å²) in [6, 6.07) is 21.1. The van der Waals surface area contributed by atoms with Gasteiger partial charge in [0.1, 0.15) is 5.82 Å². The van der Waals surface area contributed by atoms with Crippen LogP contribution >= 0.6 is 0 Å². The Bertz CT molecular complexity index is 1220. The lowest BCUT2D eigenvalue weighted by atomic mass is 10.00. The van der Waals surface area contributed by atoms with Crippen LogP contribution in [0.25, 0.3) is 11.1 Å². The van der Waals surface area contributed by atoms with E-state index in [1.165, 1.54) is 44.0 Å². The number of carbonyl (C=O) groups is 1. The second-order valence-electron chi connectivity index (χ2n) is 11.2. The molecule has 0 aliphatic carbocycles. The number of carbonyl (C=O) groups excluding carboxylic acids is 1. The zero-order valence-corrected chi connectivity index (χ0v) is 23.7. The molecule has 6 heteroatoms. The van der Waals surface area contributed by atoms with Crippen molar-refractivity contribution in [2.75, 3.05) is 39.8 Å². The third-order valence-electron chi connectivity index (χ3n) is 7.57. The summed E-state index contributed by atoms with van der Waals surface area (Å²) in [7, 11) is 2.28. The minimum absolute atomic E-state index is 0.133. The van der Waals surface area contributed by atoms with Crippen LogP contribution < -0.4 is 15.5 Å². The van der Waals surface area contributed by atoms with Crippen LogP contribution in [0, 0.1) is 12.7 Å². The van der Waals surface area contributed by atoms with Crippen molar-refractivity contribution < 1.29 is 14.1 Å². The van der Waals surface area contributed by atoms with Gasteiger partial charge in [-0.05, 0) is 80.1 Å². The Labute approximate surface area is 233 Å². The first-order valence-electron chi connectivity index (χ1n) is 14.4. The molecule has 0 aromatic heterocycles. The number of halogens is 1. The quantitative estimate of drug-likeness (QED) is 0.447. The normalized spacial score (nSPS) is 18.2. The summed E-state index contributed by atoms with van der Waals surface area (Å²) < 4.78 is 14.7. The predicted octanol–water partition coefficient (Wildman–Crippen LogP) is 4.21. The molecule has 5 rings (SSSR count). The van der Waals surface area contributed by atoms with Crippen LogP contribution in [-0.2, 0) is 13.1 Å². The highest BCUT2D eigenvalue weighted by atomic mass is 19.1. The van der Waals surface area contributed by atoms with Gasteiger partial charge in [0.15, 0.2) is 0 Å². The van der Waals surface area contributed by atoms with Crippen molar-refractivity contribution in [2.45, 2.75) is 52.2 Å². The highest BCUT2D eigenvalue weighted by Gasteiger charge is 2.16. The summed E-state index contributed by atoms with van der Waals surface area (Å²) >= 11 is 0. The molecule has 3 N–H and O–H groups in total. The molecule has 1 atom stereocenters. The molecule has 2 fully saturated rings. The standard InChI is InChI=1S/C27H30FN3O.C6H13N/c1-19-5-3-8-24(13-19)27(32)30-16-21-9-10-26(28)25(15-21)23-7-4-6-22(14-23)18-31-12-11-29-20(2)17-31;1-7-5-3-2-4-6-7/h3-10,13-15,20,29H,11-12,16-18H2,1-2H3,(H,30,32);2-6H2,1H3/p+1. The van der Waals surface area contributed by atoms with E-state index in [-0.39, 0.29) is 11.7 Å². The molecule has 1 unspecified atom stereocenters. The van der Waals surface area contributed by atoms with Crippen molar-refractivity contribution in [2.24, 2.45) is 0 Å². The van der Waals surface area contributed by atoms with Crippen LogP contribution in [0.2, 0.25) is 0 Å². The number of aryl methyl sites for hydroxylation is 1. The predicted molar refractivity (Wildman–Crippen MR) is 157 cm³/mol. The Balaban J connectivity index is 0.000000438. The fourth-order valence-electron chi connectivity index (χ4n) is 5.38. The van der Waals surface area contributed by atoms with E-state index in [1.54, 1.807) is 17.0 Å². The molecule has 2 heterocycles. The lowest BCUT2D eigenvalue weighted by Crippen LogP contribution is -3.09. The number of nitrogens with one attached hydrogen (secondary N) is 3. The van der Waals surface area contributed by atoms with E-state index in [0.29, 0.717) is 23.7 Å². The summed E-state index contributed by atoms with van der Waals surface area (Å²) in [5, 5.41) is 6.40. The van der Waals surface area contributed by atoms with Crippen LogP contribution in [0.15, 0.2) is 66.7 Å². The molecule has 2 saturated heterocycles. The van der Waals surface area contributed by atoms with Gasteiger partial charge in [-0.3, -0.25) is 9.69 Å². The molecular weight excluding hydrogens is 487 g/mol.